The van der Waals surface area contributed by atoms with E-state index in [0.717, 1.165) is 39.3 Å². The molecule has 3 rings (SSSR count). The molecule has 1 atom stereocenters. The lowest BCUT2D eigenvalue weighted by molar-refractivity contribution is -0.164. The van der Waals surface area contributed by atoms with Crippen molar-refractivity contribution < 1.29 is 15.1 Å². The van der Waals surface area contributed by atoms with Crippen LogP contribution in [-0.4, -0.2) is 47.0 Å². The fourth-order valence-corrected chi connectivity index (χ4v) is 3.47. The fraction of sp³-hybridized carbons (Fsp3) is 0.350. The Kier molecular flexibility index (Phi) is 6.29. The van der Waals surface area contributed by atoms with Crippen molar-refractivity contribution in [3.05, 3.63) is 64.1 Å². The molecular weight excluding hydrogens is 396 g/mol. The quantitative estimate of drug-likeness (QED) is 0.558. The molecule has 26 heavy (non-hydrogen) atoms. The number of para-hydroxylation sites is 1. The Morgan fingerprint density at radius 3 is 2.62 bits per heavy atom. The van der Waals surface area contributed by atoms with Crippen molar-refractivity contribution in [1.82, 2.24) is 5.06 Å². The van der Waals surface area contributed by atoms with Gasteiger partial charge >= 0.3 is 0 Å². The highest BCUT2D eigenvalue weighted by Crippen LogP contribution is 2.25. The Morgan fingerprint density at radius 2 is 1.92 bits per heavy atom. The van der Waals surface area contributed by atoms with Crippen LogP contribution in [0.5, 0.6) is 0 Å². The zero-order valence-corrected chi connectivity index (χ0v) is 16.1. The summed E-state index contributed by atoms with van der Waals surface area (Å²) in [6.45, 7) is 1.69. The highest BCUT2D eigenvalue weighted by Gasteiger charge is 2.22. The molecular formula is C20H23BrN2O3. The van der Waals surface area contributed by atoms with E-state index in [1.54, 1.807) is 0 Å². The number of hydrogen-bond donors (Lipinski definition) is 2. The lowest BCUT2D eigenvalue weighted by Gasteiger charge is -2.22. The Bertz CT molecular complexity index is 751. The fourth-order valence-electron chi connectivity index (χ4n) is 3.21. The maximum atomic E-state index is 12.2. The van der Waals surface area contributed by atoms with Crippen LogP contribution in [0.2, 0.25) is 0 Å². The minimum absolute atomic E-state index is 0.170. The van der Waals surface area contributed by atoms with Gasteiger partial charge in [-0.25, -0.2) is 5.06 Å². The minimum Gasteiger partial charge on any atom is -0.391 e. The summed E-state index contributed by atoms with van der Waals surface area (Å²) < 4.78 is 0.957. The van der Waals surface area contributed by atoms with Crippen molar-refractivity contribution in [1.29, 1.82) is 0 Å². The molecule has 0 bridgehead atoms. The van der Waals surface area contributed by atoms with Gasteiger partial charge in [0.2, 0.25) is 5.91 Å². The van der Waals surface area contributed by atoms with Gasteiger partial charge in [-0.05, 0) is 42.2 Å². The van der Waals surface area contributed by atoms with Crippen LogP contribution in [0, 0.1) is 0 Å². The normalized spacial score (nSPS) is 16.7. The number of amides is 1. The van der Waals surface area contributed by atoms with Crippen LogP contribution in [0.1, 0.15) is 17.5 Å². The molecule has 1 heterocycles. The van der Waals surface area contributed by atoms with Gasteiger partial charge in [0.05, 0.1) is 19.1 Å². The third kappa shape index (κ3) is 4.84. The van der Waals surface area contributed by atoms with E-state index >= 15 is 0 Å². The first-order chi connectivity index (χ1) is 12.5. The van der Waals surface area contributed by atoms with Crippen LogP contribution in [0.3, 0.4) is 0 Å². The molecule has 0 radical (unpaired) electrons. The number of nitrogens with zero attached hydrogens (tertiary/aromatic N) is 2. The van der Waals surface area contributed by atoms with Crippen LogP contribution in [-0.2, 0) is 17.6 Å². The van der Waals surface area contributed by atoms with E-state index < -0.39 is 0 Å². The van der Waals surface area contributed by atoms with Crippen LogP contribution >= 0.6 is 15.9 Å². The number of rotatable bonds is 6. The zero-order chi connectivity index (χ0) is 18.5. The zero-order valence-electron chi connectivity index (χ0n) is 14.5. The summed E-state index contributed by atoms with van der Waals surface area (Å²) in [5.74, 6) is -0.318. The Morgan fingerprint density at radius 1 is 1.19 bits per heavy atom. The molecule has 5 nitrogen and oxygen atoms in total. The first kappa shape index (κ1) is 18.9. The molecule has 1 aliphatic heterocycles. The average Bonchev–Trinajstić information content (AvgIpc) is 3.08. The second kappa shape index (κ2) is 8.66. The Labute approximate surface area is 161 Å². The maximum Gasteiger partial charge on any atom is 0.250 e. The molecule has 2 aromatic carbocycles. The van der Waals surface area contributed by atoms with E-state index in [9.17, 15) is 15.1 Å². The van der Waals surface area contributed by atoms with Crippen molar-refractivity contribution >= 4 is 27.5 Å². The van der Waals surface area contributed by atoms with Crippen molar-refractivity contribution in [2.45, 2.75) is 25.4 Å². The second-order valence-corrected chi connectivity index (χ2v) is 7.50. The van der Waals surface area contributed by atoms with Gasteiger partial charge in [0, 0.05) is 23.2 Å². The molecule has 2 aromatic rings. The molecule has 6 heteroatoms. The second-order valence-electron chi connectivity index (χ2n) is 6.59. The van der Waals surface area contributed by atoms with Crippen LogP contribution in [0.4, 0.5) is 5.69 Å². The van der Waals surface area contributed by atoms with E-state index in [2.05, 4.69) is 20.8 Å². The molecule has 0 aliphatic carbocycles. The summed E-state index contributed by atoms with van der Waals surface area (Å²) in [7, 11) is 0. The number of aliphatic hydroxyl groups excluding tert-OH is 1. The number of aliphatic hydroxyl groups is 1. The predicted molar refractivity (Wildman–Crippen MR) is 104 cm³/mol. The summed E-state index contributed by atoms with van der Waals surface area (Å²) in [5.41, 5.74) is 3.00. The number of anilines is 1. The van der Waals surface area contributed by atoms with E-state index in [4.69, 9.17) is 0 Å². The first-order valence-electron chi connectivity index (χ1n) is 8.77. The smallest absolute Gasteiger partial charge is 0.250 e. The Hall–Kier alpha value is -1.89. The average molecular weight is 419 g/mol. The minimum atomic E-state index is -0.318. The van der Waals surface area contributed by atoms with Gasteiger partial charge in [-0.3, -0.25) is 10.0 Å². The van der Waals surface area contributed by atoms with Crippen molar-refractivity contribution in [2.75, 3.05) is 24.5 Å². The van der Waals surface area contributed by atoms with Gasteiger partial charge in [0.1, 0.15) is 0 Å². The van der Waals surface area contributed by atoms with Gasteiger partial charge in [-0.15, -0.1) is 0 Å². The Balaban J connectivity index is 1.58. The predicted octanol–water partition coefficient (Wildman–Crippen LogP) is 3.02. The van der Waals surface area contributed by atoms with E-state index in [1.165, 1.54) is 0 Å². The summed E-state index contributed by atoms with van der Waals surface area (Å²) in [5, 5.41) is 20.7. The molecule has 1 saturated heterocycles. The molecule has 1 aliphatic rings. The van der Waals surface area contributed by atoms with Gasteiger partial charge < -0.3 is 10.0 Å². The maximum absolute atomic E-state index is 12.2. The molecule has 138 valence electrons. The van der Waals surface area contributed by atoms with Crippen molar-refractivity contribution in [2.24, 2.45) is 0 Å². The number of hydroxylamine groups is 2. The third-order valence-electron chi connectivity index (χ3n) is 4.65. The van der Waals surface area contributed by atoms with E-state index in [0.29, 0.717) is 13.0 Å². The lowest BCUT2D eigenvalue weighted by atomic mass is 10.1. The number of carbonyl (C=O) groups excluding carboxylic acids is 1. The summed E-state index contributed by atoms with van der Waals surface area (Å²) in [6, 6.07) is 15.4. The molecule has 0 unspecified atom stereocenters. The molecule has 1 amide bonds. The van der Waals surface area contributed by atoms with Gasteiger partial charge in [0.15, 0.2) is 0 Å². The molecule has 1 fully saturated rings. The number of hydrogen-bond acceptors (Lipinski definition) is 4. The summed E-state index contributed by atoms with van der Waals surface area (Å²) in [6.07, 6.45) is 1.21. The summed E-state index contributed by atoms with van der Waals surface area (Å²) in [4.78, 5) is 14.4. The van der Waals surface area contributed by atoms with Gasteiger partial charge in [-0.1, -0.05) is 46.3 Å². The van der Waals surface area contributed by atoms with E-state index in [1.807, 2.05) is 48.5 Å². The number of halogens is 1. The largest absolute Gasteiger partial charge is 0.391 e. The monoisotopic (exact) mass is 418 g/mol. The number of benzene rings is 2. The van der Waals surface area contributed by atoms with E-state index in [-0.39, 0.29) is 25.0 Å². The topological polar surface area (TPSA) is 64.0 Å². The van der Waals surface area contributed by atoms with Crippen molar-refractivity contribution in [3.8, 4) is 0 Å². The van der Waals surface area contributed by atoms with Gasteiger partial charge in [-0.2, -0.15) is 0 Å². The van der Waals surface area contributed by atoms with Gasteiger partial charge in [0.25, 0.3) is 0 Å². The standard InChI is InChI=1S/C20H23BrN2O3/c21-17-7-5-15(6-8-17)13-20(25)23(26)12-9-16-3-1-2-4-19(16)22-11-10-18(24)14-22/h1-8,18,24,26H,9-14H2/t18-/m0/s1. The first-order valence-corrected chi connectivity index (χ1v) is 9.57. The number of carbonyl (C=O) groups is 1. The summed E-state index contributed by atoms with van der Waals surface area (Å²) >= 11 is 3.37. The molecule has 0 spiro atoms. The van der Waals surface area contributed by atoms with Crippen LogP contribution in [0.15, 0.2) is 53.0 Å². The molecule has 0 saturated carbocycles. The van der Waals surface area contributed by atoms with Crippen LogP contribution < -0.4 is 4.90 Å². The van der Waals surface area contributed by atoms with Crippen molar-refractivity contribution in [3.63, 3.8) is 0 Å². The highest BCUT2D eigenvalue weighted by molar-refractivity contribution is 9.10. The molecule has 0 aromatic heterocycles. The SMILES string of the molecule is O=C(Cc1ccc(Br)cc1)N(O)CCc1ccccc1N1CC[C@H](O)C1. The lowest BCUT2D eigenvalue weighted by Crippen LogP contribution is -2.31. The van der Waals surface area contributed by atoms with Crippen LogP contribution in [0.25, 0.3) is 0 Å². The number of β-amino-alcohol motifs (C(OH)–C–C–N with tert-alkyl or cyclic N) is 1. The highest BCUT2D eigenvalue weighted by atomic mass is 79.9. The molecule has 2 N–H and O–H groups in total. The third-order valence-corrected chi connectivity index (χ3v) is 5.17.